The molecule has 0 saturated heterocycles. The molecule has 0 bridgehead atoms. The average molecular weight is 295 g/mol. The molecule has 3 heteroatoms. The van der Waals surface area contributed by atoms with Crippen molar-refractivity contribution in [2.75, 3.05) is 13.6 Å². The molecule has 3 aromatic rings. The van der Waals surface area contributed by atoms with E-state index in [2.05, 4.69) is 30.0 Å². The Morgan fingerprint density at radius 1 is 1.05 bits per heavy atom. The normalized spacial score (nSPS) is 14.4. The zero-order valence-corrected chi connectivity index (χ0v) is 12.9. The first kappa shape index (κ1) is 14.8. The van der Waals surface area contributed by atoms with Gasteiger partial charge in [-0.25, -0.2) is 0 Å². The third-order valence-corrected chi connectivity index (χ3v) is 4.26. The molecular weight excluding hydrogens is 274 g/mol. The number of hydrogen-bond acceptors (Lipinski definition) is 3. The average Bonchev–Trinajstić information content (AvgIpc) is 3.07. The Morgan fingerprint density at radius 2 is 1.82 bits per heavy atom. The smallest absolute Gasteiger partial charge is 0.120 e. The van der Waals surface area contributed by atoms with Gasteiger partial charge in [0.2, 0.25) is 0 Å². The van der Waals surface area contributed by atoms with Crippen LogP contribution in [0, 0.1) is 0 Å². The van der Waals surface area contributed by atoms with Gasteiger partial charge in [-0.2, -0.15) is 0 Å². The summed E-state index contributed by atoms with van der Waals surface area (Å²) in [6, 6.07) is 18.2. The van der Waals surface area contributed by atoms with E-state index in [1.807, 2.05) is 43.4 Å². The van der Waals surface area contributed by atoms with E-state index in [4.69, 9.17) is 4.42 Å². The lowest BCUT2D eigenvalue weighted by atomic mass is 10.00. The lowest BCUT2D eigenvalue weighted by Crippen LogP contribution is -2.27. The van der Waals surface area contributed by atoms with E-state index in [1.165, 1.54) is 0 Å². The van der Waals surface area contributed by atoms with Crippen molar-refractivity contribution in [3.05, 3.63) is 72.2 Å². The molecule has 0 fully saturated rings. The number of aliphatic hydroxyl groups excluding tert-OH is 1. The molecule has 2 aromatic carbocycles. The van der Waals surface area contributed by atoms with Gasteiger partial charge in [0.15, 0.2) is 0 Å². The second kappa shape index (κ2) is 6.34. The quantitative estimate of drug-likeness (QED) is 0.768. The van der Waals surface area contributed by atoms with Gasteiger partial charge in [0.1, 0.15) is 5.76 Å². The van der Waals surface area contributed by atoms with Crippen LogP contribution in [-0.2, 0) is 0 Å². The summed E-state index contributed by atoms with van der Waals surface area (Å²) in [5.41, 5.74) is 0.969. The molecule has 1 N–H and O–H groups in total. The van der Waals surface area contributed by atoms with Gasteiger partial charge in [0, 0.05) is 6.54 Å². The van der Waals surface area contributed by atoms with Crippen LogP contribution in [0.5, 0.6) is 0 Å². The predicted octanol–water partition coefficient (Wildman–Crippen LogP) is 4.16. The highest BCUT2D eigenvalue weighted by Gasteiger charge is 2.19. The maximum Gasteiger partial charge on any atom is 0.120 e. The van der Waals surface area contributed by atoms with Gasteiger partial charge in [-0.05, 0) is 42.4 Å². The van der Waals surface area contributed by atoms with Gasteiger partial charge in [0.05, 0.1) is 18.4 Å². The van der Waals surface area contributed by atoms with Gasteiger partial charge >= 0.3 is 0 Å². The first-order chi connectivity index (χ1) is 10.7. The van der Waals surface area contributed by atoms with Crippen LogP contribution < -0.4 is 0 Å². The van der Waals surface area contributed by atoms with E-state index in [0.717, 1.165) is 22.1 Å². The van der Waals surface area contributed by atoms with E-state index in [9.17, 15) is 5.11 Å². The van der Waals surface area contributed by atoms with E-state index in [1.54, 1.807) is 6.26 Å². The molecule has 22 heavy (non-hydrogen) atoms. The van der Waals surface area contributed by atoms with Crippen molar-refractivity contribution < 1.29 is 9.52 Å². The molecule has 3 rings (SSSR count). The molecule has 3 nitrogen and oxygen atoms in total. The maximum atomic E-state index is 10.7. The SMILES string of the molecule is CC(c1ccco1)N(C)C[C@H](O)c1cccc2ccccc12. The summed E-state index contributed by atoms with van der Waals surface area (Å²) in [4.78, 5) is 2.10. The monoisotopic (exact) mass is 295 g/mol. The number of hydrogen-bond donors (Lipinski definition) is 1. The Morgan fingerprint density at radius 3 is 2.59 bits per heavy atom. The summed E-state index contributed by atoms with van der Waals surface area (Å²) in [5, 5.41) is 12.9. The molecule has 0 aliphatic carbocycles. The molecule has 0 aliphatic heterocycles. The Hall–Kier alpha value is -2.10. The number of benzene rings is 2. The third kappa shape index (κ3) is 2.91. The fraction of sp³-hybridized carbons (Fsp3) is 0.263. The van der Waals surface area contributed by atoms with Crippen molar-refractivity contribution in [3.8, 4) is 0 Å². The third-order valence-electron chi connectivity index (χ3n) is 4.26. The summed E-state index contributed by atoms with van der Waals surface area (Å²) < 4.78 is 5.45. The molecule has 0 amide bonds. The van der Waals surface area contributed by atoms with Crippen molar-refractivity contribution in [2.45, 2.75) is 19.1 Å². The molecule has 1 unspecified atom stereocenters. The van der Waals surface area contributed by atoms with E-state index >= 15 is 0 Å². The number of aliphatic hydroxyl groups is 1. The highest BCUT2D eigenvalue weighted by Crippen LogP contribution is 2.27. The first-order valence-corrected chi connectivity index (χ1v) is 7.56. The zero-order chi connectivity index (χ0) is 15.5. The molecule has 114 valence electrons. The fourth-order valence-corrected chi connectivity index (χ4v) is 2.82. The molecule has 0 aliphatic rings. The largest absolute Gasteiger partial charge is 0.468 e. The summed E-state index contributed by atoms with van der Waals surface area (Å²) in [7, 11) is 2.00. The lowest BCUT2D eigenvalue weighted by molar-refractivity contribution is 0.103. The minimum Gasteiger partial charge on any atom is -0.468 e. The molecular formula is C19H21NO2. The molecule has 1 heterocycles. The van der Waals surface area contributed by atoms with Gasteiger partial charge in [-0.1, -0.05) is 42.5 Å². The molecule has 1 aromatic heterocycles. The Bertz CT molecular complexity index is 731. The number of rotatable bonds is 5. The van der Waals surface area contributed by atoms with Crippen LogP contribution >= 0.6 is 0 Å². The lowest BCUT2D eigenvalue weighted by Gasteiger charge is -2.26. The topological polar surface area (TPSA) is 36.6 Å². The van der Waals surface area contributed by atoms with Gasteiger partial charge in [-0.15, -0.1) is 0 Å². The number of nitrogens with zero attached hydrogens (tertiary/aromatic N) is 1. The summed E-state index contributed by atoms with van der Waals surface area (Å²) >= 11 is 0. The van der Waals surface area contributed by atoms with Crippen molar-refractivity contribution in [2.24, 2.45) is 0 Å². The Balaban J connectivity index is 1.80. The van der Waals surface area contributed by atoms with Crippen molar-refractivity contribution >= 4 is 10.8 Å². The van der Waals surface area contributed by atoms with E-state index in [0.29, 0.717) is 6.54 Å². The maximum absolute atomic E-state index is 10.7. The van der Waals surface area contributed by atoms with Crippen molar-refractivity contribution in [1.29, 1.82) is 0 Å². The summed E-state index contributed by atoms with van der Waals surface area (Å²) in [6.07, 6.45) is 1.15. The van der Waals surface area contributed by atoms with Crippen LogP contribution in [0.1, 0.15) is 30.4 Å². The van der Waals surface area contributed by atoms with Crippen molar-refractivity contribution in [3.63, 3.8) is 0 Å². The molecule has 0 spiro atoms. The minimum absolute atomic E-state index is 0.125. The number of fused-ring (bicyclic) bond motifs is 1. The number of likely N-dealkylation sites (N-methyl/N-ethyl adjacent to an activating group) is 1. The number of furan rings is 1. The van der Waals surface area contributed by atoms with Gasteiger partial charge in [0.25, 0.3) is 0 Å². The molecule has 0 radical (unpaired) electrons. The van der Waals surface area contributed by atoms with Crippen molar-refractivity contribution in [1.82, 2.24) is 4.90 Å². The van der Waals surface area contributed by atoms with Crippen LogP contribution in [0.4, 0.5) is 0 Å². The summed E-state index contributed by atoms with van der Waals surface area (Å²) in [6.45, 7) is 2.63. The van der Waals surface area contributed by atoms with E-state index < -0.39 is 6.10 Å². The van der Waals surface area contributed by atoms with Crippen LogP contribution in [0.2, 0.25) is 0 Å². The van der Waals surface area contributed by atoms with Crippen LogP contribution in [0.15, 0.2) is 65.3 Å². The second-order valence-electron chi connectivity index (χ2n) is 5.72. The Labute approximate surface area is 130 Å². The molecule has 2 atom stereocenters. The fourth-order valence-electron chi connectivity index (χ4n) is 2.82. The summed E-state index contributed by atoms with van der Waals surface area (Å²) in [5.74, 6) is 0.910. The predicted molar refractivity (Wildman–Crippen MR) is 88.7 cm³/mol. The standard InChI is InChI=1S/C19H21NO2/c1-14(19-11-6-12-22-19)20(2)13-18(21)17-10-5-8-15-7-3-4-9-16(15)17/h3-12,14,18,21H,13H2,1-2H3/t14?,18-/m0/s1. The minimum atomic E-state index is -0.534. The second-order valence-corrected chi connectivity index (χ2v) is 5.72. The Kier molecular flexibility index (Phi) is 4.27. The van der Waals surface area contributed by atoms with Crippen LogP contribution in [0.3, 0.4) is 0 Å². The molecule has 0 saturated carbocycles. The first-order valence-electron chi connectivity index (χ1n) is 7.56. The van der Waals surface area contributed by atoms with E-state index in [-0.39, 0.29) is 6.04 Å². The van der Waals surface area contributed by atoms with Gasteiger partial charge < -0.3 is 9.52 Å². The highest BCUT2D eigenvalue weighted by atomic mass is 16.3. The van der Waals surface area contributed by atoms with Crippen LogP contribution in [-0.4, -0.2) is 23.6 Å². The zero-order valence-electron chi connectivity index (χ0n) is 12.9. The van der Waals surface area contributed by atoms with Gasteiger partial charge in [-0.3, -0.25) is 4.90 Å². The van der Waals surface area contributed by atoms with Crippen LogP contribution in [0.25, 0.3) is 10.8 Å². The highest BCUT2D eigenvalue weighted by molar-refractivity contribution is 5.85.